The average Bonchev–Trinajstić information content (AvgIpc) is 2.37. The molecule has 0 saturated heterocycles. The number of esters is 1. The molecule has 0 aromatic heterocycles. The van der Waals surface area contributed by atoms with Gasteiger partial charge in [0.1, 0.15) is 5.82 Å². The molecule has 0 amide bonds. The number of rotatable bonds is 5. The highest BCUT2D eigenvalue weighted by Gasteiger charge is 2.34. The molecule has 1 unspecified atom stereocenters. The van der Waals surface area contributed by atoms with Crippen LogP contribution >= 0.6 is 0 Å². The Morgan fingerprint density at radius 1 is 1.35 bits per heavy atom. The molecule has 2 nitrogen and oxygen atoms in total. The Bertz CT molecular complexity index is 469. The van der Waals surface area contributed by atoms with Gasteiger partial charge >= 0.3 is 12.1 Å². The number of methoxy groups -OCH3 is 1. The van der Waals surface area contributed by atoms with Crippen molar-refractivity contribution in [3.8, 4) is 0 Å². The van der Waals surface area contributed by atoms with Crippen LogP contribution in [0.5, 0.6) is 0 Å². The van der Waals surface area contributed by atoms with Gasteiger partial charge in [-0.1, -0.05) is 25.8 Å². The second-order valence-electron chi connectivity index (χ2n) is 4.46. The molecule has 0 heterocycles. The van der Waals surface area contributed by atoms with E-state index in [0.29, 0.717) is 18.9 Å². The van der Waals surface area contributed by atoms with Gasteiger partial charge in [-0.15, -0.1) is 0 Å². The Labute approximate surface area is 114 Å². The van der Waals surface area contributed by atoms with Gasteiger partial charge in [-0.3, -0.25) is 4.79 Å². The first kappa shape index (κ1) is 16.5. The Kier molecular flexibility index (Phi) is 5.53. The van der Waals surface area contributed by atoms with Gasteiger partial charge in [0.25, 0.3) is 0 Å². The first-order chi connectivity index (χ1) is 9.31. The van der Waals surface area contributed by atoms with E-state index in [-0.39, 0.29) is 5.56 Å². The molecule has 0 N–H and O–H groups in total. The zero-order valence-corrected chi connectivity index (χ0v) is 11.3. The molecular weight excluding hydrogens is 276 g/mol. The minimum Gasteiger partial charge on any atom is -0.469 e. The smallest absolute Gasteiger partial charge is 0.419 e. The Morgan fingerprint density at radius 2 is 2.00 bits per heavy atom. The Morgan fingerprint density at radius 3 is 2.45 bits per heavy atom. The lowest BCUT2D eigenvalue weighted by Crippen LogP contribution is -2.16. The summed E-state index contributed by atoms with van der Waals surface area (Å²) >= 11 is 0. The van der Waals surface area contributed by atoms with Crippen LogP contribution in [0.15, 0.2) is 18.2 Å². The first-order valence-electron chi connectivity index (χ1n) is 6.25. The summed E-state index contributed by atoms with van der Waals surface area (Å²) in [6, 6.07) is 2.55. The molecule has 0 bridgehead atoms. The highest BCUT2D eigenvalue weighted by molar-refractivity contribution is 5.78. The predicted octanol–water partition coefficient (Wildman–Crippen LogP) is 4.29. The van der Waals surface area contributed by atoms with E-state index < -0.39 is 29.4 Å². The summed E-state index contributed by atoms with van der Waals surface area (Å²) in [6.07, 6.45) is -2.82. The number of alkyl halides is 3. The van der Waals surface area contributed by atoms with Crippen LogP contribution < -0.4 is 0 Å². The topological polar surface area (TPSA) is 26.3 Å². The van der Waals surface area contributed by atoms with Gasteiger partial charge in [0.2, 0.25) is 0 Å². The van der Waals surface area contributed by atoms with Gasteiger partial charge in [-0.2, -0.15) is 13.2 Å². The maximum Gasteiger partial charge on any atom is 0.419 e. The van der Waals surface area contributed by atoms with Crippen molar-refractivity contribution in [3.63, 3.8) is 0 Å². The van der Waals surface area contributed by atoms with Gasteiger partial charge < -0.3 is 4.74 Å². The molecule has 0 fully saturated rings. The SMILES string of the molecule is CCCCC(C(=O)OC)c1ccc(C(F)(F)F)c(F)c1. The van der Waals surface area contributed by atoms with Gasteiger partial charge in [0.15, 0.2) is 0 Å². The van der Waals surface area contributed by atoms with E-state index in [1.807, 2.05) is 6.92 Å². The molecule has 1 aromatic carbocycles. The molecule has 0 saturated carbocycles. The highest BCUT2D eigenvalue weighted by Crippen LogP contribution is 2.33. The largest absolute Gasteiger partial charge is 0.469 e. The third-order valence-corrected chi connectivity index (χ3v) is 3.03. The molecule has 0 aliphatic rings. The fourth-order valence-corrected chi connectivity index (χ4v) is 1.95. The lowest BCUT2D eigenvalue weighted by Gasteiger charge is -2.16. The van der Waals surface area contributed by atoms with Crippen LogP contribution in [-0.2, 0) is 15.7 Å². The van der Waals surface area contributed by atoms with Crippen molar-refractivity contribution in [1.29, 1.82) is 0 Å². The predicted molar refractivity (Wildman–Crippen MR) is 65.7 cm³/mol. The second-order valence-corrected chi connectivity index (χ2v) is 4.46. The monoisotopic (exact) mass is 292 g/mol. The van der Waals surface area contributed by atoms with Crippen LogP contribution in [0.4, 0.5) is 17.6 Å². The summed E-state index contributed by atoms with van der Waals surface area (Å²) in [6.45, 7) is 1.92. The summed E-state index contributed by atoms with van der Waals surface area (Å²) < 4.78 is 55.6. The quantitative estimate of drug-likeness (QED) is 0.597. The summed E-state index contributed by atoms with van der Waals surface area (Å²) in [5, 5.41) is 0. The van der Waals surface area contributed by atoms with Gasteiger partial charge in [-0.05, 0) is 24.1 Å². The maximum atomic E-state index is 13.5. The molecule has 6 heteroatoms. The van der Waals surface area contributed by atoms with Crippen molar-refractivity contribution in [3.05, 3.63) is 35.1 Å². The number of hydrogen-bond donors (Lipinski definition) is 0. The van der Waals surface area contributed by atoms with E-state index in [0.717, 1.165) is 18.6 Å². The number of ether oxygens (including phenoxy) is 1. The second kappa shape index (κ2) is 6.72. The number of unbranched alkanes of at least 4 members (excludes halogenated alkanes) is 1. The lowest BCUT2D eigenvalue weighted by atomic mass is 9.92. The van der Waals surface area contributed by atoms with Crippen molar-refractivity contribution >= 4 is 5.97 Å². The van der Waals surface area contributed by atoms with Crippen molar-refractivity contribution in [2.24, 2.45) is 0 Å². The maximum absolute atomic E-state index is 13.5. The van der Waals surface area contributed by atoms with Gasteiger partial charge in [0.05, 0.1) is 18.6 Å². The number of carbonyl (C=O) groups is 1. The van der Waals surface area contributed by atoms with E-state index >= 15 is 0 Å². The Hall–Kier alpha value is -1.59. The molecule has 0 spiro atoms. The number of halogens is 4. The third kappa shape index (κ3) is 3.95. The number of carbonyl (C=O) groups excluding carboxylic acids is 1. The van der Waals surface area contributed by atoms with E-state index in [2.05, 4.69) is 4.74 Å². The summed E-state index contributed by atoms with van der Waals surface area (Å²) in [5.74, 6) is -2.69. The molecule has 1 atom stereocenters. The molecule has 1 rings (SSSR count). The van der Waals surface area contributed by atoms with E-state index in [1.165, 1.54) is 7.11 Å². The standard InChI is InChI=1S/C14H16F4O2/c1-3-4-5-10(13(19)20-2)9-6-7-11(12(15)8-9)14(16,17)18/h6-8,10H,3-5H2,1-2H3. The minimum absolute atomic E-state index is 0.204. The first-order valence-corrected chi connectivity index (χ1v) is 6.25. The molecule has 0 aliphatic heterocycles. The van der Waals surface area contributed by atoms with Crippen LogP contribution in [-0.4, -0.2) is 13.1 Å². The normalized spacial score (nSPS) is 13.1. The lowest BCUT2D eigenvalue weighted by molar-refractivity contribution is -0.142. The molecule has 112 valence electrons. The average molecular weight is 292 g/mol. The minimum atomic E-state index is -4.74. The molecule has 1 aromatic rings. The zero-order valence-electron chi connectivity index (χ0n) is 11.3. The van der Waals surface area contributed by atoms with Crippen LogP contribution in [0, 0.1) is 5.82 Å². The number of benzene rings is 1. The third-order valence-electron chi connectivity index (χ3n) is 3.03. The molecule has 20 heavy (non-hydrogen) atoms. The summed E-state index contributed by atoms with van der Waals surface area (Å²) in [7, 11) is 1.20. The van der Waals surface area contributed by atoms with E-state index in [1.54, 1.807) is 0 Å². The fourth-order valence-electron chi connectivity index (χ4n) is 1.95. The van der Waals surface area contributed by atoms with Crippen LogP contribution in [0.25, 0.3) is 0 Å². The van der Waals surface area contributed by atoms with Crippen molar-refractivity contribution in [2.75, 3.05) is 7.11 Å². The van der Waals surface area contributed by atoms with Crippen molar-refractivity contribution in [2.45, 2.75) is 38.3 Å². The molecule has 0 radical (unpaired) electrons. The van der Waals surface area contributed by atoms with Crippen LogP contribution in [0.3, 0.4) is 0 Å². The van der Waals surface area contributed by atoms with Crippen LogP contribution in [0.1, 0.15) is 43.2 Å². The van der Waals surface area contributed by atoms with Crippen molar-refractivity contribution < 1.29 is 27.1 Å². The zero-order chi connectivity index (χ0) is 15.3. The number of hydrogen-bond acceptors (Lipinski definition) is 2. The highest BCUT2D eigenvalue weighted by atomic mass is 19.4. The molecule has 0 aliphatic carbocycles. The van der Waals surface area contributed by atoms with Crippen LogP contribution in [0.2, 0.25) is 0 Å². The Balaban J connectivity index is 3.09. The molecular formula is C14H16F4O2. The summed E-state index contributed by atoms with van der Waals surface area (Å²) in [5.41, 5.74) is -1.13. The van der Waals surface area contributed by atoms with E-state index in [9.17, 15) is 22.4 Å². The van der Waals surface area contributed by atoms with E-state index in [4.69, 9.17) is 0 Å². The van der Waals surface area contributed by atoms with Gasteiger partial charge in [-0.25, -0.2) is 4.39 Å². The fraction of sp³-hybridized carbons (Fsp3) is 0.500. The van der Waals surface area contributed by atoms with Crippen molar-refractivity contribution in [1.82, 2.24) is 0 Å². The van der Waals surface area contributed by atoms with Gasteiger partial charge in [0, 0.05) is 0 Å². The summed E-state index contributed by atoms with van der Waals surface area (Å²) in [4.78, 5) is 11.6.